The maximum absolute atomic E-state index is 11.2. The van der Waals surface area contributed by atoms with Crippen LogP contribution in [0, 0.1) is 0 Å². The van der Waals surface area contributed by atoms with Gasteiger partial charge in [-0.25, -0.2) is 9.59 Å². The zero-order valence-electron chi connectivity index (χ0n) is 10.3. The molecule has 0 saturated heterocycles. The second kappa shape index (κ2) is 9.77. The van der Waals surface area contributed by atoms with Gasteiger partial charge in [0.1, 0.15) is 13.2 Å². The molecule has 0 saturated carbocycles. The van der Waals surface area contributed by atoms with Crippen molar-refractivity contribution in [1.29, 1.82) is 0 Å². The van der Waals surface area contributed by atoms with Gasteiger partial charge in [-0.05, 0) is 0 Å². The lowest BCUT2D eigenvalue weighted by Gasteiger charge is -2.15. The summed E-state index contributed by atoms with van der Waals surface area (Å²) < 4.78 is 18.3. The Bertz CT molecular complexity index is 228. The second-order valence-electron chi connectivity index (χ2n) is 3.21. The minimum atomic E-state index is -1.99. The molecule has 0 aromatic rings. The van der Waals surface area contributed by atoms with Gasteiger partial charge in [0.2, 0.25) is 0 Å². The molecular weight excluding hydrogens is 248 g/mol. The molecule has 0 rings (SSSR count). The third-order valence-electron chi connectivity index (χ3n) is 1.85. The maximum Gasteiger partial charge on any atom is 0.338 e. The van der Waals surface area contributed by atoms with Gasteiger partial charge in [0.15, 0.2) is 12.2 Å². The second-order valence-corrected chi connectivity index (χ2v) is 3.21. The smallest absolute Gasteiger partial charge is 0.338 e. The fraction of sp³-hybridized carbons (Fsp3) is 0.800. The summed E-state index contributed by atoms with van der Waals surface area (Å²) in [7, 11) is 2.82. The molecule has 0 bridgehead atoms. The zero-order chi connectivity index (χ0) is 14.0. The molecule has 0 aliphatic heterocycles. The molecule has 0 aromatic heterocycles. The maximum atomic E-state index is 11.2. The summed E-state index contributed by atoms with van der Waals surface area (Å²) >= 11 is 0. The summed E-state index contributed by atoms with van der Waals surface area (Å²) in [6.07, 6.45) is -3.98. The molecule has 0 aliphatic carbocycles. The number of aliphatic hydroxyl groups is 2. The van der Waals surface area contributed by atoms with E-state index in [0.717, 1.165) is 0 Å². The number of ether oxygens (including phenoxy) is 4. The Morgan fingerprint density at radius 1 is 0.833 bits per heavy atom. The van der Waals surface area contributed by atoms with Gasteiger partial charge in [-0.3, -0.25) is 0 Å². The quantitative estimate of drug-likeness (QED) is 0.367. The number of methoxy groups -OCH3 is 2. The predicted octanol–water partition coefficient (Wildman–Crippen LogP) is -1.91. The molecule has 0 spiro atoms. The highest BCUT2D eigenvalue weighted by Crippen LogP contribution is 2.00. The normalized spacial score (nSPS) is 13.8. The summed E-state index contributed by atoms with van der Waals surface area (Å²) in [6, 6.07) is 0. The molecular formula is C10H18O8. The van der Waals surface area contributed by atoms with Crippen molar-refractivity contribution in [3.63, 3.8) is 0 Å². The minimum absolute atomic E-state index is 0.0855. The number of esters is 2. The minimum Gasteiger partial charge on any atom is -0.461 e. The van der Waals surface area contributed by atoms with E-state index < -0.39 is 24.1 Å². The van der Waals surface area contributed by atoms with Crippen LogP contribution in [-0.4, -0.2) is 75.0 Å². The number of aliphatic hydroxyl groups excluding tert-OH is 2. The number of hydrogen-bond donors (Lipinski definition) is 2. The monoisotopic (exact) mass is 266 g/mol. The molecule has 0 aliphatic rings. The molecule has 2 N–H and O–H groups in total. The van der Waals surface area contributed by atoms with Gasteiger partial charge in [0, 0.05) is 14.2 Å². The lowest BCUT2D eigenvalue weighted by molar-refractivity contribution is -0.174. The zero-order valence-corrected chi connectivity index (χ0v) is 10.3. The van der Waals surface area contributed by atoms with E-state index in [-0.39, 0.29) is 26.4 Å². The first-order valence-corrected chi connectivity index (χ1v) is 5.21. The molecule has 0 radical (unpaired) electrons. The Morgan fingerprint density at radius 2 is 1.17 bits per heavy atom. The summed E-state index contributed by atoms with van der Waals surface area (Å²) in [4.78, 5) is 22.3. The van der Waals surface area contributed by atoms with Crippen molar-refractivity contribution in [3.8, 4) is 0 Å². The van der Waals surface area contributed by atoms with Crippen LogP contribution in [0.5, 0.6) is 0 Å². The van der Waals surface area contributed by atoms with Crippen LogP contribution in [0.2, 0.25) is 0 Å². The highest BCUT2D eigenvalue weighted by Gasteiger charge is 2.32. The third-order valence-corrected chi connectivity index (χ3v) is 1.85. The van der Waals surface area contributed by atoms with Crippen molar-refractivity contribution >= 4 is 11.9 Å². The van der Waals surface area contributed by atoms with Crippen LogP contribution in [-0.2, 0) is 28.5 Å². The Labute approximate surface area is 104 Å². The molecule has 106 valence electrons. The van der Waals surface area contributed by atoms with Gasteiger partial charge in [-0.1, -0.05) is 0 Å². The van der Waals surface area contributed by atoms with E-state index in [4.69, 9.17) is 0 Å². The average molecular weight is 266 g/mol. The van der Waals surface area contributed by atoms with Crippen LogP contribution in [0.3, 0.4) is 0 Å². The van der Waals surface area contributed by atoms with Crippen molar-refractivity contribution in [3.05, 3.63) is 0 Å². The van der Waals surface area contributed by atoms with E-state index in [1.165, 1.54) is 14.2 Å². The van der Waals surface area contributed by atoms with Gasteiger partial charge >= 0.3 is 11.9 Å². The standard InChI is InChI=1S/C10H18O8/c1-15-3-5-17-9(13)7(11)8(12)10(14)18-6-4-16-2/h7-8,11-12H,3-6H2,1-2H3/t7-,8-/m1/s1. The van der Waals surface area contributed by atoms with Crippen LogP contribution in [0.25, 0.3) is 0 Å². The summed E-state index contributed by atoms with van der Waals surface area (Å²) in [5, 5.41) is 18.6. The van der Waals surface area contributed by atoms with E-state index >= 15 is 0 Å². The van der Waals surface area contributed by atoms with Crippen molar-refractivity contribution in [2.24, 2.45) is 0 Å². The first-order valence-electron chi connectivity index (χ1n) is 5.21. The predicted molar refractivity (Wildman–Crippen MR) is 57.7 cm³/mol. The van der Waals surface area contributed by atoms with Crippen LogP contribution >= 0.6 is 0 Å². The van der Waals surface area contributed by atoms with Crippen LogP contribution in [0.4, 0.5) is 0 Å². The Balaban J connectivity index is 4.02. The first-order chi connectivity index (χ1) is 8.54. The van der Waals surface area contributed by atoms with Crippen LogP contribution in [0.1, 0.15) is 0 Å². The van der Waals surface area contributed by atoms with Gasteiger partial charge < -0.3 is 29.2 Å². The molecule has 2 atom stereocenters. The number of carbonyl (C=O) groups is 2. The SMILES string of the molecule is COCCOC(=O)[C@H](O)[C@@H](O)C(=O)OCCOC. The number of hydrogen-bond acceptors (Lipinski definition) is 8. The van der Waals surface area contributed by atoms with Gasteiger partial charge in [-0.2, -0.15) is 0 Å². The lowest BCUT2D eigenvalue weighted by atomic mass is 10.2. The van der Waals surface area contributed by atoms with Crippen LogP contribution in [0.15, 0.2) is 0 Å². The molecule has 0 aromatic carbocycles. The third kappa shape index (κ3) is 6.50. The van der Waals surface area contributed by atoms with E-state index in [0.29, 0.717) is 0 Å². The van der Waals surface area contributed by atoms with Crippen molar-refractivity contribution < 1.29 is 38.7 Å². The Morgan fingerprint density at radius 3 is 1.44 bits per heavy atom. The molecule has 18 heavy (non-hydrogen) atoms. The number of carbonyl (C=O) groups excluding carboxylic acids is 2. The van der Waals surface area contributed by atoms with E-state index in [1.807, 2.05) is 0 Å². The molecule has 0 heterocycles. The van der Waals surface area contributed by atoms with E-state index in [2.05, 4.69) is 18.9 Å². The van der Waals surface area contributed by atoms with Crippen molar-refractivity contribution in [2.45, 2.75) is 12.2 Å². The highest BCUT2D eigenvalue weighted by atomic mass is 16.6. The summed E-state index contributed by atoms with van der Waals surface area (Å²) in [5.41, 5.74) is 0. The largest absolute Gasteiger partial charge is 0.461 e. The van der Waals surface area contributed by atoms with E-state index in [1.54, 1.807) is 0 Å². The summed E-state index contributed by atoms with van der Waals surface area (Å²) in [5.74, 6) is -2.24. The average Bonchev–Trinajstić information content (AvgIpc) is 2.37. The molecule has 0 unspecified atom stereocenters. The molecule has 8 heteroatoms. The molecule has 0 amide bonds. The van der Waals surface area contributed by atoms with E-state index in [9.17, 15) is 19.8 Å². The highest BCUT2D eigenvalue weighted by molar-refractivity contribution is 5.85. The van der Waals surface area contributed by atoms with Crippen molar-refractivity contribution in [1.82, 2.24) is 0 Å². The first kappa shape index (κ1) is 16.8. The topological polar surface area (TPSA) is 112 Å². The summed E-state index contributed by atoms with van der Waals surface area (Å²) in [6.45, 7) is 0.120. The molecule has 8 nitrogen and oxygen atoms in total. The van der Waals surface area contributed by atoms with Crippen molar-refractivity contribution in [2.75, 3.05) is 40.6 Å². The lowest BCUT2D eigenvalue weighted by Crippen LogP contribution is -2.42. The fourth-order valence-corrected chi connectivity index (χ4v) is 0.880. The number of rotatable bonds is 9. The Hall–Kier alpha value is -1.22. The van der Waals surface area contributed by atoms with Gasteiger partial charge in [0.05, 0.1) is 13.2 Å². The Kier molecular flexibility index (Phi) is 9.11. The van der Waals surface area contributed by atoms with Gasteiger partial charge in [-0.15, -0.1) is 0 Å². The fourth-order valence-electron chi connectivity index (χ4n) is 0.880. The van der Waals surface area contributed by atoms with Gasteiger partial charge in [0.25, 0.3) is 0 Å². The molecule has 0 fully saturated rings. The van der Waals surface area contributed by atoms with Crippen LogP contribution < -0.4 is 0 Å².